The second kappa shape index (κ2) is 12.1. The quantitative estimate of drug-likeness (QED) is 0.490. The van der Waals surface area contributed by atoms with Gasteiger partial charge >= 0.3 is 0 Å². The maximum Gasteiger partial charge on any atom is 0.293 e. The van der Waals surface area contributed by atoms with Gasteiger partial charge in [-0.3, -0.25) is 4.79 Å². The van der Waals surface area contributed by atoms with Crippen LogP contribution in [0.1, 0.15) is 33.6 Å². The first kappa shape index (κ1) is 13.1. The van der Waals surface area contributed by atoms with E-state index in [1.807, 2.05) is 20.8 Å². The molecule has 1 N–H and O–H groups in total. The van der Waals surface area contributed by atoms with Crippen molar-refractivity contribution in [2.75, 3.05) is 6.61 Å². The summed E-state index contributed by atoms with van der Waals surface area (Å²) in [6.07, 6.45) is 0.919. The van der Waals surface area contributed by atoms with E-state index >= 15 is 0 Å². The van der Waals surface area contributed by atoms with Crippen LogP contribution in [-0.2, 0) is 9.53 Å². The summed E-state index contributed by atoms with van der Waals surface area (Å²) >= 11 is 0. The molecular weight excluding hydrogens is 144 g/mol. The monoisotopic (exact) mass is 162 g/mol. The highest BCUT2D eigenvalue weighted by molar-refractivity contribution is 5.36. The van der Waals surface area contributed by atoms with Gasteiger partial charge in [-0.2, -0.15) is 0 Å². The van der Waals surface area contributed by atoms with Crippen molar-refractivity contribution in [2.24, 2.45) is 0 Å². The SMILES string of the molecule is CC.CC[C@H](O)CCOC=O. The second-order valence-electron chi connectivity index (χ2n) is 1.82. The molecule has 0 fully saturated rings. The van der Waals surface area contributed by atoms with E-state index < -0.39 is 0 Å². The molecule has 3 nitrogen and oxygen atoms in total. The number of hydrogen-bond donors (Lipinski definition) is 1. The van der Waals surface area contributed by atoms with Crippen LogP contribution in [0.25, 0.3) is 0 Å². The van der Waals surface area contributed by atoms with Crippen LogP contribution in [0.15, 0.2) is 0 Å². The van der Waals surface area contributed by atoms with Crippen molar-refractivity contribution >= 4 is 6.47 Å². The standard InChI is InChI=1S/C6H12O3.C2H6/c1-2-6(8)3-4-9-5-7;1-2/h5-6,8H,2-4H2,1H3;1-2H3/t6-;/m0./s1. The maximum atomic E-state index is 9.57. The van der Waals surface area contributed by atoms with Crippen LogP contribution < -0.4 is 0 Å². The molecule has 0 rings (SSSR count). The Morgan fingerprint density at radius 2 is 2.09 bits per heavy atom. The summed E-state index contributed by atoms with van der Waals surface area (Å²) in [6, 6.07) is 0. The highest BCUT2D eigenvalue weighted by Crippen LogP contribution is 1.95. The highest BCUT2D eigenvalue weighted by atomic mass is 16.5. The molecule has 68 valence electrons. The van der Waals surface area contributed by atoms with Crippen LogP contribution in [0.2, 0.25) is 0 Å². The van der Waals surface area contributed by atoms with E-state index in [1.165, 1.54) is 0 Å². The normalized spacial score (nSPS) is 10.9. The zero-order valence-corrected chi connectivity index (χ0v) is 7.54. The van der Waals surface area contributed by atoms with Crippen LogP contribution in [0.5, 0.6) is 0 Å². The molecular formula is C8H18O3. The third-order valence-electron chi connectivity index (χ3n) is 1.11. The van der Waals surface area contributed by atoms with Crippen LogP contribution >= 0.6 is 0 Å². The number of carbonyl (C=O) groups is 1. The minimum Gasteiger partial charge on any atom is -0.468 e. The average Bonchev–Trinajstić information content (AvgIpc) is 2.08. The van der Waals surface area contributed by atoms with E-state index in [0.29, 0.717) is 25.9 Å². The van der Waals surface area contributed by atoms with Crippen molar-refractivity contribution in [2.45, 2.75) is 39.7 Å². The number of rotatable bonds is 5. The summed E-state index contributed by atoms with van der Waals surface area (Å²) in [6.45, 7) is 6.59. The van der Waals surface area contributed by atoms with Crippen molar-refractivity contribution in [3.05, 3.63) is 0 Å². The van der Waals surface area contributed by atoms with Crippen molar-refractivity contribution < 1.29 is 14.6 Å². The summed E-state index contributed by atoms with van der Waals surface area (Å²) < 4.78 is 4.37. The third kappa shape index (κ3) is 12.6. The zero-order valence-electron chi connectivity index (χ0n) is 7.54. The predicted octanol–water partition coefficient (Wildman–Crippen LogP) is 1.35. The van der Waals surface area contributed by atoms with E-state index in [-0.39, 0.29) is 6.10 Å². The molecule has 0 unspecified atom stereocenters. The number of aliphatic hydroxyl groups excluding tert-OH is 1. The Labute approximate surface area is 68.4 Å². The number of hydrogen-bond acceptors (Lipinski definition) is 3. The fraction of sp³-hybridized carbons (Fsp3) is 0.875. The Bertz CT molecular complexity index is 73.7. The molecule has 0 aliphatic carbocycles. The van der Waals surface area contributed by atoms with E-state index in [1.54, 1.807) is 0 Å². The number of aliphatic hydroxyl groups is 1. The largest absolute Gasteiger partial charge is 0.468 e. The summed E-state index contributed by atoms with van der Waals surface area (Å²) in [7, 11) is 0. The van der Waals surface area contributed by atoms with Crippen molar-refractivity contribution in [1.29, 1.82) is 0 Å². The molecule has 0 aromatic rings. The minimum absolute atomic E-state index is 0.318. The van der Waals surface area contributed by atoms with Gasteiger partial charge in [0.1, 0.15) is 0 Å². The zero-order chi connectivity index (χ0) is 9.11. The van der Waals surface area contributed by atoms with Gasteiger partial charge in [-0.05, 0) is 6.42 Å². The smallest absolute Gasteiger partial charge is 0.293 e. The Balaban J connectivity index is 0. The van der Waals surface area contributed by atoms with E-state index in [0.717, 1.165) is 0 Å². The third-order valence-corrected chi connectivity index (χ3v) is 1.11. The van der Waals surface area contributed by atoms with Crippen LogP contribution in [0, 0.1) is 0 Å². The Morgan fingerprint density at radius 1 is 1.55 bits per heavy atom. The van der Waals surface area contributed by atoms with E-state index in [2.05, 4.69) is 4.74 Å². The van der Waals surface area contributed by atoms with Crippen molar-refractivity contribution in [1.82, 2.24) is 0 Å². The summed E-state index contributed by atoms with van der Waals surface area (Å²) in [4.78, 5) is 9.57. The summed E-state index contributed by atoms with van der Waals surface area (Å²) in [5.74, 6) is 0. The molecule has 3 heteroatoms. The molecule has 1 atom stereocenters. The minimum atomic E-state index is -0.329. The molecule has 11 heavy (non-hydrogen) atoms. The first-order valence-electron chi connectivity index (χ1n) is 4.04. The van der Waals surface area contributed by atoms with Crippen LogP contribution in [0.4, 0.5) is 0 Å². The van der Waals surface area contributed by atoms with E-state index in [9.17, 15) is 4.79 Å². The lowest BCUT2D eigenvalue weighted by Gasteiger charge is -2.04. The molecule has 0 amide bonds. The predicted molar refractivity (Wildman–Crippen MR) is 44.3 cm³/mol. The van der Waals surface area contributed by atoms with Gasteiger partial charge in [0.2, 0.25) is 0 Å². The molecule has 0 heterocycles. The lowest BCUT2D eigenvalue weighted by molar-refractivity contribution is -0.129. The molecule has 0 bridgehead atoms. The van der Waals surface area contributed by atoms with Gasteiger partial charge in [-0.15, -0.1) is 0 Å². The van der Waals surface area contributed by atoms with Gasteiger partial charge in [0, 0.05) is 6.42 Å². The van der Waals surface area contributed by atoms with E-state index in [4.69, 9.17) is 5.11 Å². The molecule has 0 aromatic heterocycles. The molecule has 0 aromatic carbocycles. The van der Waals surface area contributed by atoms with Gasteiger partial charge in [0.05, 0.1) is 12.7 Å². The highest BCUT2D eigenvalue weighted by Gasteiger charge is 1.98. The average molecular weight is 162 g/mol. The Hall–Kier alpha value is -0.570. The van der Waals surface area contributed by atoms with Crippen molar-refractivity contribution in [3.8, 4) is 0 Å². The Morgan fingerprint density at radius 3 is 2.45 bits per heavy atom. The topological polar surface area (TPSA) is 46.5 Å². The fourth-order valence-electron chi connectivity index (χ4n) is 0.456. The van der Waals surface area contributed by atoms with Gasteiger partial charge in [0.25, 0.3) is 6.47 Å². The lowest BCUT2D eigenvalue weighted by atomic mass is 10.2. The Kier molecular flexibility index (Phi) is 14.4. The van der Waals surface area contributed by atoms with Gasteiger partial charge < -0.3 is 9.84 Å². The van der Waals surface area contributed by atoms with Gasteiger partial charge in [-0.1, -0.05) is 20.8 Å². The van der Waals surface area contributed by atoms with Crippen molar-refractivity contribution in [3.63, 3.8) is 0 Å². The first-order chi connectivity index (χ1) is 5.31. The molecule has 0 aliphatic heterocycles. The number of ether oxygens (including phenoxy) is 1. The molecule has 0 spiro atoms. The van der Waals surface area contributed by atoms with Crippen LogP contribution in [-0.4, -0.2) is 24.3 Å². The summed E-state index contributed by atoms with van der Waals surface area (Å²) in [5.41, 5.74) is 0. The fourth-order valence-corrected chi connectivity index (χ4v) is 0.456. The molecule has 0 saturated heterocycles. The van der Waals surface area contributed by atoms with Crippen LogP contribution in [0.3, 0.4) is 0 Å². The maximum absolute atomic E-state index is 9.57. The molecule has 0 aliphatic rings. The lowest BCUT2D eigenvalue weighted by Crippen LogP contribution is -2.08. The van der Waals surface area contributed by atoms with Gasteiger partial charge in [-0.25, -0.2) is 0 Å². The second-order valence-corrected chi connectivity index (χ2v) is 1.82. The van der Waals surface area contributed by atoms with Gasteiger partial charge in [0.15, 0.2) is 0 Å². The molecule has 0 saturated carbocycles. The molecule has 0 radical (unpaired) electrons. The number of carbonyl (C=O) groups excluding carboxylic acids is 1. The first-order valence-corrected chi connectivity index (χ1v) is 4.04. The summed E-state index contributed by atoms with van der Waals surface area (Å²) in [5, 5.41) is 8.89.